The summed E-state index contributed by atoms with van der Waals surface area (Å²) in [7, 11) is 0. The number of para-hydroxylation sites is 1. The number of thiocarbonyl (C=S) groups is 1. The third-order valence-corrected chi connectivity index (χ3v) is 4.12. The summed E-state index contributed by atoms with van der Waals surface area (Å²) in [6.45, 7) is 1.88. The summed E-state index contributed by atoms with van der Waals surface area (Å²) in [5.74, 6) is 0.0939. The second kappa shape index (κ2) is 5.42. The Hall–Kier alpha value is -1.99. The van der Waals surface area contributed by atoms with Crippen molar-refractivity contribution in [1.82, 2.24) is 10.4 Å². The van der Waals surface area contributed by atoms with Crippen molar-refractivity contribution < 1.29 is 14.7 Å². The summed E-state index contributed by atoms with van der Waals surface area (Å²) in [6.07, 6.45) is 0.286. The maximum absolute atomic E-state index is 11.1. The van der Waals surface area contributed by atoms with Crippen LogP contribution in [0.4, 0.5) is 5.69 Å². The lowest BCUT2D eigenvalue weighted by Crippen LogP contribution is -2.43. The lowest BCUT2D eigenvalue weighted by atomic mass is 10.1. The van der Waals surface area contributed by atoms with E-state index in [1.807, 2.05) is 29.2 Å². The van der Waals surface area contributed by atoms with Crippen molar-refractivity contribution >= 4 is 34.7 Å². The van der Waals surface area contributed by atoms with Crippen molar-refractivity contribution in [3.63, 3.8) is 0 Å². The summed E-state index contributed by atoms with van der Waals surface area (Å²) in [5.41, 5.74) is 3.72. The highest BCUT2D eigenvalue weighted by Gasteiger charge is 2.40. The average Bonchev–Trinajstić information content (AvgIpc) is 2.82. The first-order valence-electron chi connectivity index (χ1n) is 6.66. The molecule has 0 unspecified atom stereocenters. The number of nitrogens with zero attached hydrogens (tertiary/aromatic N) is 2. The molecular weight excluding hydrogens is 290 g/mol. The third kappa shape index (κ3) is 2.50. The molecule has 2 atom stereocenters. The number of aliphatic imine (C=N–C) groups is 1. The number of hydroxylamine groups is 1. The molecule has 1 aromatic rings. The van der Waals surface area contributed by atoms with E-state index >= 15 is 0 Å². The number of ether oxygens (including phenoxy) is 1. The number of benzene rings is 1. The molecular formula is C14H15N3O3S. The average molecular weight is 305 g/mol. The van der Waals surface area contributed by atoms with Gasteiger partial charge in [0.05, 0.1) is 18.3 Å². The van der Waals surface area contributed by atoms with Crippen LogP contribution in [0.3, 0.4) is 0 Å². The van der Waals surface area contributed by atoms with Crippen molar-refractivity contribution in [1.29, 1.82) is 0 Å². The van der Waals surface area contributed by atoms with Crippen LogP contribution in [0.1, 0.15) is 18.9 Å². The second-order valence-corrected chi connectivity index (χ2v) is 5.45. The fourth-order valence-corrected chi connectivity index (χ4v) is 3.19. The molecule has 110 valence electrons. The van der Waals surface area contributed by atoms with Gasteiger partial charge in [0, 0.05) is 18.9 Å². The van der Waals surface area contributed by atoms with Gasteiger partial charge in [-0.05, 0) is 12.1 Å². The summed E-state index contributed by atoms with van der Waals surface area (Å²) in [6, 6.07) is 7.30. The Morgan fingerprint density at radius 2 is 2.29 bits per heavy atom. The number of esters is 1. The molecule has 0 bridgehead atoms. The van der Waals surface area contributed by atoms with Crippen LogP contribution in [0, 0.1) is 0 Å². The first-order chi connectivity index (χ1) is 10.1. The smallest absolute Gasteiger partial charge is 0.302 e. The quantitative estimate of drug-likeness (QED) is 0.464. The number of hydrogen-bond donors (Lipinski definition) is 2. The molecule has 7 heteroatoms. The van der Waals surface area contributed by atoms with Crippen LogP contribution in [-0.4, -0.2) is 45.6 Å². The molecule has 6 nitrogen and oxygen atoms in total. The topological polar surface area (TPSA) is 74.2 Å². The molecule has 2 aliphatic rings. The van der Waals surface area contributed by atoms with Crippen LogP contribution in [0.2, 0.25) is 0 Å². The van der Waals surface area contributed by atoms with Crippen LogP contribution in [0.5, 0.6) is 0 Å². The van der Waals surface area contributed by atoms with Gasteiger partial charge in [-0.1, -0.05) is 24.4 Å². The summed E-state index contributed by atoms with van der Waals surface area (Å²) in [4.78, 5) is 18.2. The minimum atomic E-state index is -0.320. The first kappa shape index (κ1) is 14.0. The Morgan fingerprint density at radius 3 is 3.00 bits per heavy atom. The molecule has 21 heavy (non-hydrogen) atoms. The van der Waals surface area contributed by atoms with Crippen molar-refractivity contribution in [2.24, 2.45) is 4.99 Å². The predicted octanol–water partition coefficient (Wildman–Crippen LogP) is 1.39. The van der Waals surface area contributed by atoms with Gasteiger partial charge in [0.1, 0.15) is 16.9 Å². The monoisotopic (exact) mass is 305 g/mol. The highest BCUT2D eigenvalue weighted by Crippen LogP contribution is 2.31. The van der Waals surface area contributed by atoms with E-state index in [1.165, 1.54) is 6.92 Å². The van der Waals surface area contributed by atoms with Gasteiger partial charge >= 0.3 is 5.97 Å². The van der Waals surface area contributed by atoms with Gasteiger partial charge in [-0.25, -0.2) is 4.99 Å². The van der Waals surface area contributed by atoms with Gasteiger partial charge in [-0.2, -0.15) is 0 Å². The SMILES string of the molecule is CC(=O)O[C@@H]1C[C@H]2C(NO)=Nc3ccccc3C(=S)N2C1. The fraction of sp³-hybridized carbons (Fsp3) is 0.357. The highest BCUT2D eigenvalue weighted by molar-refractivity contribution is 7.80. The number of carbonyl (C=O) groups is 1. The zero-order valence-electron chi connectivity index (χ0n) is 11.4. The number of rotatable bonds is 1. The number of carbonyl (C=O) groups excluding carboxylic acids is 1. The Bertz CT molecular complexity index is 632. The maximum atomic E-state index is 11.1. The van der Waals surface area contributed by atoms with Gasteiger partial charge in [-0.15, -0.1) is 0 Å². The molecule has 2 heterocycles. The molecule has 0 aromatic heterocycles. The second-order valence-electron chi connectivity index (χ2n) is 5.07. The number of nitrogens with one attached hydrogen (secondary N) is 1. The van der Waals surface area contributed by atoms with Crippen molar-refractivity contribution in [3.05, 3.63) is 29.8 Å². The van der Waals surface area contributed by atoms with Crippen LogP contribution < -0.4 is 5.48 Å². The standard InChI is InChI=1S/C14H15N3O3S/c1-8(18)20-9-6-12-13(16-19)15-11-5-3-2-4-10(11)14(21)17(12)7-9/h2-5,9,12,19H,6-7H2,1H3,(H,15,16)/t9-,12+/m1/s1. The third-order valence-electron chi connectivity index (χ3n) is 3.66. The van der Waals surface area contributed by atoms with Crippen LogP contribution in [-0.2, 0) is 9.53 Å². The minimum absolute atomic E-state index is 0.223. The van der Waals surface area contributed by atoms with Gasteiger partial charge in [-0.3, -0.25) is 15.5 Å². The number of hydrogen-bond acceptors (Lipinski definition) is 6. The Morgan fingerprint density at radius 1 is 1.52 bits per heavy atom. The Balaban J connectivity index is 1.98. The van der Waals surface area contributed by atoms with Crippen LogP contribution in [0.25, 0.3) is 0 Å². The van der Waals surface area contributed by atoms with Crippen molar-refractivity contribution in [2.75, 3.05) is 6.54 Å². The molecule has 0 radical (unpaired) electrons. The molecule has 0 amide bonds. The summed E-state index contributed by atoms with van der Waals surface area (Å²) < 4.78 is 5.27. The van der Waals surface area contributed by atoms with Crippen molar-refractivity contribution in [3.8, 4) is 0 Å². The maximum Gasteiger partial charge on any atom is 0.302 e. The molecule has 0 saturated carbocycles. The van der Waals surface area contributed by atoms with E-state index in [1.54, 1.807) is 0 Å². The molecule has 1 aromatic carbocycles. The molecule has 0 aliphatic carbocycles. The fourth-order valence-electron chi connectivity index (χ4n) is 2.81. The molecule has 2 N–H and O–H groups in total. The van der Waals surface area contributed by atoms with Gasteiger partial charge in [0.25, 0.3) is 0 Å². The Labute approximate surface area is 127 Å². The van der Waals surface area contributed by atoms with E-state index < -0.39 is 0 Å². The van der Waals surface area contributed by atoms with Crippen LogP contribution in [0.15, 0.2) is 29.3 Å². The molecule has 0 spiro atoms. The molecule has 1 fully saturated rings. The van der Waals surface area contributed by atoms with Gasteiger partial charge in [0.15, 0.2) is 0 Å². The lowest BCUT2D eigenvalue weighted by Gasteiger charge is -2.24. The summed E-state index contributed by atoms with van der Waals surface area (Å²) in [5, 5.41) is 9.38. The van der Waals surface area contributed by atoms with E-state index in [-0.39, 0.29) is 18.1 Å². The van der Waals surface area contributed by atoms with E-state index in [4.69, 9.17) is 17.0 Å². The number of fused-ring (bicyclic) bond motifs is 2. The van der Waals surface area contributed by atoms with E-state index in [0.29, 0.717) is 23.8 Å². The minimum Gasteiger partial charge on any atom is -0.461 e. The van der Waals surface area contributed by atoms with Gasteiger partial charge in [0.2, 0.25) is 0 Å². The molecule has 3 rings (SSSR count). The zero-order chi connectivity index (χ0) is 15.0. The number of amidine groups is 1. The first-order valence-corrected chi connectivity index (χ1v) is 7.07. The Kier molecular flexibility index (Phi) is 3.60. The molecule has 1 saturated heterocycles. The van der Waals surface area contributed by atoms with E-state index in [2.05, 4.69) is 10.5 Å². The molecule has 2 aliphatic heterocycles. The van der Waals surface area contributed by atoms with E-state index in [9.17, 15) is 10.0 Å². The predicted molar refractivity (Wildman–Crippen MR) is 80.8 cm³/mol. The largest absolute Gasteiger partial charge is 0.461 e. The van der Waals surface area contributed by atoms with Gasteiger partial charge < -0.3 is 9.64 Å². The van der Waals surface area contributed by atoms with Crippen LogP contribution >= 0.6 is 12.2 Å². The summed E-state index contributed by atoms with van der Waals surface area (Å²) >= 11 is 5.55. The van der Waals surface area contributed by atoms with Crippen molar-refractivity contribution in [2.45, 2.75) is 25.5 Å². The van der Waals surface area contributed by atoms with E-state index in [0.717, 1.165) is 11.3 Å². The zero-order valence-corrected chi connectivity index (χ0v) is 12.3. The lowest BCUT2D eigenvalue weighted by molar-refractivity contribution is -0.145. The normalized spacial score (nSPS) is 23.8. The highest BCUT2D eigenvalue weighted by atomic mass is 32.1.